The van der Waals surface area contributed by atoms with E-state index in [1.807, 2.05) is 0 Å². The second-order valence-corrected chi connectivity index (χ2v) is 4.60. The number of carbonyl (C=O) groups is 1. The molecule has 1 aliphatic heterocycles. The van der Waals surface area contributed by atoms with Crippen LogP contribution in [0, 0.1) is 0 Å². The topological polar surface area (TPSA) is 69.1 Å². The van der Waals surface area contributed by atoms with Gasteiger partial charge in [0.2, 0.25) is 0 Å². The maximum Gasteiger partial charge on any atom is 0.161 e. The van der Waals surface area contributed by atoms with Crippen molar-refractivity contribution in [2.24, 2.45) is 0 Å². The van der Waals surface area contributed by atoms with Gasteiger partial charge in [0.05, 0.1) is 11.0 Å². The van der Waals surface area contributed by atoms with Crippen LogP contribution in [-0.4, -0.2) is 29.0 Å². The van der Waals surface area contributed by atoms with Crippen LogP contribution in [0.25, 0.3) is 11.0 Å². The first kappa shape index (κ1) is 11.2. The first-order valence-corrected chi connectivity index (χ1v) is 5.95. The molecule has 0 bridgehead atoms. The zero-order chi connectivity index (χ0) is 12.7. The molecule has 0 aliphatic carbocycles. The normalized spacial score (nSPS) is 14.6. The number of fused-ring (bicyclic) bond motifs is 1. The molecular formula is C12H9ClN3O2-. The van der Waals surface area contributed by atoms with Gasteiger partial charge in [0.1, 0.15) is 5.82 Å². The monoisotopic (exact) mass is 262 g/mol. The van der Waals surface area contributed by atoms with Crippen LogP contribution in [0.3, 0.4) is 0 Å². The van der Waals surface area contributed by atoms with Gasteiger partial charge in [-0.1, -0.05) is 11.6 Å². The highest BCUT2D eigenvalue weighted by Gasteiger charge is 2.19. The van der Waals surface area contributed by atoms with E-state index >= 15 is 0 Å². The first-order chi connectivity index (χ1) is 8.65. The zero-order valence-corrected chi connectivity index (χ0v) is 10.1. The summed E-state index contributed by atoms with van der Waals surface area (Å²) < 4.78 is 0. The number of pyridine rings is 2. The predicted octanol–water partition coefficient (Wildman–Crippen LogP) is 0.857. The van der Waals surface area contributed by atoms with Crippen LogP contribution in [0.1, 0.15) is 16.8 Å². The van der Waals surface area contributed by atoms with Crippen LogP contribution in [0.15, 0.2) is 18.3 Å². The van der Waals surface area contributed by atoms with E-state index in [0.29, 0.717) is 21.9 Å². The van der Waals surface area contributed by atoms with Crippen LogP contribution < -0.4 is 10.0 Å². The Morgan fingerprint density at radius 3 is 2.78 bits per heavy atom. The molecule has 2 aromatic heterocycles. The van der Waals surface area contributed by atoms with E-state index in [4.69, 9.17) is 11.6 Å². The minimum Gasteiger partial charge on any atom is -0.545 e. The average molecular weight is 263 g/mol. The van der Waals surface area contributed by atoms with E-state index in [2.05, 4.69) is 14.9 Å². The molecule has 5 nitrogen and oxygen atoms in total. The predicted molar refractivity (Wildman–Crippen MR) is 65.7 cm³/mol. The molecule has 0 atom stereocenters. The Morgan fingerprint density at radius 1 is 1.39 bits per heavy atom. The Morgan fingerprint density at radius 2 is 2.17 bits per heavy atom. The summed E-state index contributed by atoms with van der Waals surface area (Å²) in [5.41, 5.74) is 0.517. The van der Waals surface area contributed by atoms with Crippen molar-refractivity contribution in [3.05, 3.63) is 28.9 Å². The number of aromatic carboxylic acids is 1. The molecule has 18 heavy (non-hydrogen) atoms. The summed E-state index contributed by atoms with van der Waals surface area (Å²) in [5, 5.41) is 11.9. The van der Waals surface area contributed by atoms with Gasteiger partial charge in [-0.05, 0) is 18.6 Å². The lowest BCUT2D eigenvalue weighted by Gasteiger charge is -2.32. The minimum atomic E-state index is -1.26. The quantitative estimate of drug-likeness (QED) is 0.803. The fourth-order valence-electron chi connectivity index (χ4n) is 1.89. The van der Waals surface area contributed by atoms with Gasteiger partial charge in [-0.15, -0.1) is 0 Å². The molecule has 0 amide bonds. The molecule has 3 heterocycles. The van der Waals surface area contributed by atoms with Gasteiger partial charge in [-0.25, -0.2) is 9.97 Å². The van der Waals surface area contributed by atoms with Crippen molar-refractivity contribution in [1.29, 1.82) is 0 Å². The molecule has 0 N–H and O–H groups in total. The van der Waals surface area contributed by atoms with Gasteiger partial charge < -0.3 is 14.8 Å². The van der Waals surface area contributed by atoms with Crippen molar-refractivity contribution in [2.75, 3.05) is 18.0 Å². The van der Waals surface area contributed by atoms with Crippen LogP contribution in [0.5, 0.6) is 0 Å². The number of carboxylic acids is 1. The Bertz CT molecular complexity index is 641. The van der Waals surface area contributed by atoms with Gasteiger partial charge in [0.25, 0.3) is 0 Å². The Hall–Kier alpha value is -1.88. The third-order valence-electron chi connectivity index (χ3n) is 2.99. The minimum absolute atomic E-state index is 0.0251. The summed E-state index contributed by atoms with van der Waals surface area (Å²) in [6.45, 7) is 1.88. The van der Waals surface area contributed by atoms with E-state index in [9.17, 15) is 9.90 Å². The van der Waals surface area contributed by atoms with Crippen molar-refractivity contribution in [1.82, 2.24) is 9.97 Å². The van der Waals surface area contributed by atoms with Crippen molar-refractivity contribution in [2.45, 2.75) is 6.42 Å². The van der Waals surface area contributed by atoms with Crippen molar-refractivity contribution < 1.29 is 9.90 Å². The summed E-state index contributed by atoms with van der Waals surface area (Å²) >= 11 is 6.15. The fourth-order valence-corrected chi connectivity index (χ4v) is 2.17. The molecule has 3 rings (SSSR count). The highest BCUT2D eigenvalue weighted by Crippen LogP contribution is 2.29. The van der Waals surface area contributed by atoms with Crippen molar-refractivity contribution in [3.63, 3.8) is 0 Å². The number of hydrogen-bond acceptors (Lipinski definition) is 5. The molecule has 0 unspecified atom stereocenters. The lowest BCUT2D eigenvalue weighted by atomic mass is 10.2. The first-order valence-electron chi connectivity index (χ1n) is 5.58. The maximum absolute atomic E-state index is 10.7. The molecule has 0 saturated carbocycles. The number of hydrogen-bond donors (Lipinski definition) is 0. The van der Waals surface area contributed by atoms with Gasteiger partial charge in [0.15, 0.2) is 5.65 Å². The van der Waals surface area contributed by atoms with Crippen LogP contribution in [0.4, 0.5) is 5.82 Å². The molecular weight excluding hydrogens is 254 g/mol. The van der Waals surface area contributed by atoms with E-state index in [-0.39, 0.29) is 5.56 Å². The number of halogens is 1. The van der Waals surface area contributed by atoms with E-state index in [0.717, 1.165) is 19.5 Å². The van der Waals surface area contributed by atoms with Crippen LogP contribution in [0.2, 0.25) is 5.02 Å². The average Bonchev–Trinajstić information content (AvgIpc) is 2.27. The summed E-state index contributed by atoms with van der Waals surface area (Å²) in [6.07, 6.45) is 2.38. The van der Waals surface area contributed by atoms with Crippen LogP contribution in [-0.2, 0) is 0 Å². The summed E-state index contributed by atoms with van der Waals surface area (Å²) in [6, 6.07) is 3.16. The molecule has 0 aromatic carbocycles. The standard InChI is InChI=1S/C12H10ClN3O2/c13-9-5-7-4-8(12(17)18)6-14-10(7)15-11(9)16-2-1-3-16/h4-6H,1-3H2,(H,17,18)/p-1. The Labute approximate surface area is 108 Å². The van der Waals surface area contributed by atoms with Gasteiger partial charge in [-0.2, -0.15) is 0 Å². The molecule has 92 valence electrons. The molecule has 0 radical (unpaired) electrons. The molecule has 0 spiro atoms. The highest BCUT2D eigenvalue weighted by molar-refractivity contribution is 6.33. The maximum atomic E-state index is 10.7. The molecule has 1 fully saturated rings. The van der Waals surface area contributed by atoms with Crippen molar-refractivity contribution in [3.8, 4) is 0 Å². The molecule has 1 saturated heterocycles. The van der Waals surface area contributed by atoms with Gasteiger partial charge >= 0.3 is 0 Å². The number of nitrogens with zero attached hydrogens (tertiary/aromatic N) is 3. The second-order valence-electron chi connectivity index (χ2n) is 4.19. The van der Waals surface area contributed by atoms with E-state index < -0.39 is 5.97 Å². The fraction of sp³-hybridized carbons (Fsp3) is 0.250. The zero-order valence-electron chi connectivity index (χ0n) is 9.39. The number of anilines is 1. The molecule has 2 aromatic rings. The second kappa shape index (κ2) is 4.10. The molecule has 6 heteroatoms. The summed E-state index contributed by atoms with van der Waals surface area (Å²) in [5.74, 6) is -0.545. The number of rotatable bonds is 2. The third kappa shape index (κ3) is 1.76. The summed E-state index contributed by atoms with van der Waals surface area (Å²) in [7, 11) is 0. The van der Waals surface area contributed by atoms with Gasteiger partial charge in [-0.3, -0.25) is 0 Å². The number of carbonyl (C=O) groups excluding carboxylic acids is 1. The largest absolute Gasteiger partial charge is 0.545 e. The SMILES string of the molecule is O=C([O-])c1cnc2nc(N3CCC3)c(Cl)cc2c1. The van der Waals surface area contributed by atoms with E-state index in [1.165, 1.54) is 12.3 Å². The number of carboxylic acid groups (broad SMARTS) is 1. The Kier molecular flexibility index (Phi) is 2.56. The smallest absolute Gasteiger partial charge is 0.161 e. The van der Waals surface area contributed by atoms with Crippen molar-refractivity contribution >= 4 is 34.4 Å². The molecule has 1 aliphatic rings. The van der Waals surface area contributed by atoms with Crippen LogP contribution >= 0.6 is 11.6 Å². The number of aromatic nitrogens is 2. The van der Waals surface area contributed by atoms with Gasteiger partial charge in [0, 0.05) is 30.2 Å². The lowest BCUT2D eigenvalue weighted by Crippen LogP contribution is -2.37. The lowest BCUT2D eigenvalue weighted by molar-refractivity contribution is -0.255. The van der Waals surface area contributed by atoms with E-state index in [1.54, 1.807) is 6.07 Å². The Balaban J connectivity index is 2.13. The highest BCUT2D eigenvalue weighted by atomic mass is 35.5. The summed E-state index contributed by atoms with van der Waals surface area (Å²) in [4.78, 5) is 21.2. The third-order valence-corrected chi connectivity index (χ3v) is 3.27.